The average molecular weight is 170 g/mol. The van der Waals surface area contributed by atoms with Crippen molar-refractivity contribution in [1.82, 2.24) is 0 Å². The number of hydrogen-bond donors (Lipinski definition) is 0. The highest BCUT2D eigenvalue weighted by molar-refractivity contribution is 5.96. The predicted molar refractivity (Wildman–Crippen MR) is 38.1 cm³/mol. The minimum atomic E-state index is -0.371. The van der Waals surface area contributed by atoms with Gasteiger partial charge in [0.2, 0.25) is 0 Å². The van der Waals surface area contributed by atoms with Crippen molar-refractivity contribution in [2.45, 2.75) is 18.9 Å². The number of carbonyl (C=O) groups is 2. The molecule has 1 heterocycles. The smallest absolute Gasteiger partial charge is 0.317 e. The second kappa shape index (κ2) is 2.55. The number of fused-ring (bicyclic) bond motifs is 1. The standard InChI is InChI=1S/C8H10O4/c1-11-4-2-5-6(3-4)8(10)12-7(5)9/h4-6H,2-3H2,1H3/t4?,5-,6+. The van der Waals surface area contributed by atoms with Crippen LogP contribution in [0.2, 0.25) is 0 Å². The molecule has 0 bridgehead atoms. The highest BCUT2D eigenvalue weighted by Gasteiger charge is 2.50. The second-order valence-corrected chi connectivity index (χ2v) is 3.28. The molecule has 0 radical (unpaired) electrons. The third-order valence-corrected chi connectivity index (χ3v) is 2.66. The number of methoxy groups -OCH3 is 1. The monoisotopic (exact) mass is 170 g/mol. The van der Waals surface area contributed by atoms with Gasteiger partial charge in [-0.25, -0.2) is 0 Å². The summed E-state index contributed by atoms with van der Waals surface area (Å²) in [5, 5.41) is 0. The third-order valence-electron chi connectivity index (χ3n) is 2.66. The Hall–Kier alpha value is -0.900. The van der Waals surface area contributed by atoms with Gasteiger partial charge < -0.3 is 9.47 Å². The van der Waals surface area contributed by atoms with Crippen LogP contribution in [0.4, 0.5) is 0 Å². The molecule has 0 aromatic carbocycles. The zero-order valence-corrected chi connectivity index (χ0v) is 6.78. The van der Waals surface area contributed by atoms with Gasteiger partial charge in [-0.3, -0.25) is 9.59 Å². The molecular weight excluding hydrogens is 160 g/mol. The van der Waals surface area contributed by atoms with Gasteiger partial charge in [0.1, 0.15) is 0 Å². The fourth-order valence-electron chi connectivity index (χ4n) is 1.96. The van der Waals surface area contributed by atoms with E-state index in [1.807, 2.05) is 0 Å². The molecule has 12 heavy (non-hydrogen) atoms. The van der Waals surface area contributed by atoms with Crippen LogP contribution in [0.25, 0.3) is 0 Å². The zero-order chi connectivity index (χ0) is 8.72. The van der Waals surface area contributed by atoms with Gasteiger partial charge in [0, 0.05) is 7.11 Å². The summed E-state index contributed by atoms with van der Waals surface area (Å²) >= 11 is 0. The molecule has 0 N–H and O–H groups in total. The van der Waals surface area contributed by atoms with Crippen molar-refractivity contribution >= 4 is 11.9 Å². The number of hydrogen-bond acceptors (Lipinski definition) is 4. The van der Waals surface area contributed by atoms with E-state index < -0.39 is 0 Å². The van der Waals surface area contributed by atoms with E-state index in [-0.39, 0.29) is 29.9 Å². The van der Waals surface area contributed by atoms with Crippen LogP contribution in [-0.4, -0.2) is 25.2 Å². The quantitative estimate of drug-likeness (QED) is 0.414. The molecule has 4 nitrogen and oxygen atoms in total. The number of cyclic esters (lactones) is 2. The Morgan fingerprint density at radius 3 is 2.17 bits per heavy atom. The summed E-state index contributed by atoms with van der Waals surface area (Å²) in [4.78, 5) is 22.1. The molecule has 1 unspecified atom stereocenters. The van der Waals surface area contributed by atoms with Gasteiger partial charge in [-0.2, -0.15) is 0 Å². The predicted octanol–water partition coefficient (Wildman–Crippen LogP) is 0.111. The summed E-state index contributed by atoms with van der Waals surface area (Å²) in [7, 11) is 1.60. The van der Waals surface area contributed by atoms with Crippen molar-refractivity contribution in [2.24, 2.45) is 11.8 Å². The SMILES string of the molecule is COC1C[C@@H]2C(=O)OC(=O)[C@@H]2C1. The van der Waals surface area contributed by atoms with Gasteiger partial charge in [-0.05, 0) is 12.8 Å². The first-order chi connectivity index (χ1) is 5.72. The topological polar surface area (TPSA) is 52.6 Å². The van der Waals surface area contributed by atoms with E-state index in [1.165, 1.54) is 0 Å². The molecule has 0 amide bonds. The van der Waals surface area contributed by atoms with E-state index >= 15 is 0 Å². The van der Waals surface area contributed by atoms with Gasteiger partial charge in [0.25, 0.3) is 0 Å². The van der Waals surface area contributed by atoms with Crippen molar-refractivity contribution in [3.8, 4) is 0 Å². The largest absolute Gasteiger partial charge is 0.393 e. The summed E-state index contributed by atoms with van der Waals surface area (Å²) in [6.45, 7) is 0. The fourth-order valence-corrected chi connectivity index (χ4v) is 1.96. The van der Waals surface area contributed by atoms with Gasteiger partial charge in [0.05, 0.1) is 17.9 Å². The van der Waals surface area contributed by atoms with E-state index in [9.17, 15) is 9.59 Å². The van der Waals surface area contributed by atoms with Crippen molar-refractivity contribution in [2.75, 3.05) is 7.11 Å². The van der Waals surface area contributed by atoms with Crippen LogP contribution in [0.15, 0.2) is 0 Å². The molecule has 0 aromatic rings. The molecule has 2 rings (SSSR count). The van der Waals surface area contributed by atoms with E-state index in [0.717, 1.165) is 0 Å². The summed E-state index contributed by atoms with van der Waals surface area (Å²) in [5.74, 6) is -1.21. The molecular formula is C8H10O4. The van der Waals surface area contributed by atoms with Gasteiger partial charge >= 0.3 is 11.9 Å². The van der Waals surface area contributed by atoms with E-state index in [4.69, 9.17) is 4.74 Å². The Bertz CT molecular complexity index is 213. The molecule has 3 atom stereocenters. The maximum absolute atomic E-state index is 11.0. The van der Waals surface area contributed by atoms with E-state index in [0.29, 0.717) is 12.8 Å². The van der Waals surface area contributed by atoms with Crippen LogP contribution < -0.4 is 0 Å². The lowest BCUT2D eigenvalue weighted by Crippen LogP contribution is -2.12. The van der Waals surface area contributed by atoms with Crippen LogP contribution >= 0.6 is 0 Å². The van der Waals surface area contributed by atoms with Gasteiger partial charge in [-0.15, -0.1) is 0 Å². The third kappa shape index (κ3) is 0.948. The molecule has 0 aromatic heterocycles. The molecule has 2 fully saturated rings. The van der Waals surface area contributed by atoms with Crippen LogP contribution in [0.1, 0.15) is 12.8 Å². The summed E-state index contributed by atoms with van der Waals surface area (Å²) in [5.41, 5.74) is 0. The normalized spacial score (nSPS) is 39.9. The lowest BCUT2D eigenvalue weighted by molar-refractivity contribution is -0.154. The van der Waals surface area contributed by atoms with Gasteiger partial charge in [0.15, 0.2) is 0 Å². The molecule has 1 aliphatic carbocycles. The second-order valence-electron chi connectivity index (χ2n) is 3.28. The molecule has 1 saturated carbocycles. The Labute approximate surface area is 69.8 Å². The maximum Gasteiger partial charge on any atom is 0.317 e. The summed E-state index contributed by atoms with van der Waals surface area (Å²) in [6.07, 6.45) is 1.31. The van der Waals surface area contributed by atoms with Crippen molar-refractivity contribution in [3.05, 3.63) is 0 Å². The first-order valence-corrected chi connectivity index (χ1v) is 4.00. The molecule has 0 spiro atoms. The lowest BCUT2D eigenvalue weighted by Gasteiger charge is -2.06. The Morgan fingerprint density at radius 2 is 1.75 bits per heavy atom. The molecule has 1 aliphatic heterocycles. The summed E-state index contributed by atoms with van der Waals surface area (Å²) < 4.78 is 9.57. The van der Waals surface area contributed by atoms with Crippen LogP contribution in [0, 0.1) is 11.8 Å². The van der Waals surface area contributed by atoms with Crippen molar-refractivity contribution in [1.29, 1.82) is 0 Å². The molecule has 66 valence electrons. The zero-order valence-electron chi connectivity index (χ0n) is 6.78. The number of rotatable bonds is 1. The minimum Gasteiger partial charge on any atom is -0.393 e. The fraction of sp³-hybridized carbons (Fsp3) is 0.750. The lowest BCUT2D eigenvalue weighted by atomic mass is 10.00. The van der Waals surface area contributed by atoms with Crippen LogP contribution in [0.5, 0.6) is 0 Å². The highest BCUT2D eigenvalue weighted by atomic mass is 16.6. The number of esters is 2. The molecule has 1 saturated heterocycles. The molecule has 4 heteroatoms. The van der Waals surface area contributed by atoms with E-state index in [1.54, 1.807) is 7.11 Å². The van der Waals surface area contributed by atoms with Crippen LogP contribution in [0.3, 0.4) is 0 Å². The summed E-state index contributed by atoms with van der Waals surface area (Å²) in [6, 6.07) is 0. The minimum absolute atomic E-state index is 0.0526. The van der Waals surface area contributed by atoms with E-state index in [2.05, 4.69) is 4.74 Å². The Balaban J connectivity index is 2.14. The number of ether oxygens (including phenoxy) is 2. The molecule has 2 aliphatic rings. The number of carbonyl (C=O) groups excluding carboxylic acids is 2. The van der Waals surface area contributed by atoms with Gasteiger partial charge in [-0.1, -0.05) is 0 Å². The van der Waals surface area contributed by atoms with Crippen LogP contribution in [-0.2, 0) is 19.1 Å². The first-order valence-electron chi connectivity index (χ1n) is 4.00. The van der Waals surface area contributed by atoms with Crippen molar-refractivity contribution in [3.63, 3.8) is 0 Å². The average Bonchev–Trinajstić information content (AvgIpc) is 2.55. The first kappa shape index (κ1) is 7.73. The Morgan fingerprint density at radius 1 is 1.25 bits per heavy atom. The highest BCUT2D eigenvalue weighted by Crippen LogP contribution is 2.39. The van der Waals surface area contributed by atoms with Crippen molar-refractivity contribution < 1.29 is 19.1 Å². The maximum atomic E-state index is 11.0. The Kier molecular flexibility index (Phi) is 1.65.